The number of carbonyl (C=O) groups excluding carboxylic acids is 1. The Morgan fingerprint density at radius 3 is 2.43 bits per heavy atom. The summed E-state index contributed by atoms with van der Waals surface area (Å²) in [4.78, 5) is 12.0. The molecule has 1 aromatic carbocycles. The molecule has 0 radical (unpaired) electrons. The maximum absolute atomic E-state index is 12.0. The molecule has 0 bridgehead atoms. The van der Waals surface area contributed by atoms with Gasteiger partial charge in [-0.3, -0.25) is 4.79 Å². The van der Waals surface area contributed by atoms with Crippen molar-refractivity contribution < 1.29 is 24.9 Å². The van der Waals surface area contributed by atoms with E-state index in [2.05, 4.69) is 12.2 Å². The van der Waals surface area contributed by atoms with Gasteiger partial charge in [0.05, 0.1) is 13.2 Å². The van der Waals surface area contributed by atoms with Crippen LogP contribution in [0.25, 0.3) is 0 Å². The summed E-state index contributed by atoms with van der Waals surface area (Å²) in [6.07, 6.45) is 6.58. The second kappa shape index (κ2) is 10.7. The number of aromatic hydroxyl groups is 2. The highest BCUT2D eigenvalue weighted by atomic mass is 16.5. The van der Waals surface area contributed by atoms with Gasteiger partial charge >= 0.3 is 0 Å². The number of aliphatic hydroxyl groups is 1. The van der Waals surface area contributed by atoms with Gasteiger partial charge in [-0.1, -0.05) is 39.0 Å². The highest BCUT2D eigenvalue weighted by molar-refractivity contribution is 6.00. The number of nitrogens with one attached hydrogen (secondary N) is 1. The quantitative estimate of drug-likeness (QED) is 0.370. The van der Waals surface area contributed by atoms with Crippen molar-refractivity contribution in [2.24, 2.45) is 0 Å². The van der Waals surface area contributed by atoms with E-state index in [1.165, 1.54) is 31.4 Å². The van der Waals surface area contributed by atoms with Gasteiger partial charge in [0.1, 0.15) is 11.3 Å². The zero-order valence-electron chi connectivity index (χ0n) is 13.7. The van der Waals surface area contributed by atoms with Crippen LogP contribution in [0.15, 0.2) is 12.1 Å². The fourth-order valence-electron chi connectivity index (χ4n) is 2.24. The second-order valence-electron chi connectivity index (χ2n) is 5.40. The molecule has 0 aliphatic carbocycles. The summed E-state index contributed by atoms with van der Waals surface area (Å²) in [5.41, 5.74) is -0.107. The van der Waals surface area contributed by atoms with Crippen LogP contribution in [0, 0.1) is 0 Å². The summed E-state index contributed by atoms with van der Waals surface area (Å²) >= 11 is 0. The number of phenolic OH excluding ortho intramolecular Hbond substituents is 2. The van der Waals surface area contributed by atoms with Crippen LogP contribution in [0.5, 0.6) is 17.2 Å². The molecule has 4 N–H and O–H groups in total. The average molecular weight is 325 g/mol. The summed E-state index contributed by atoms with van der Waals surface area (Å²) < 4.78 is 5.52. The summed E-state index contributed by atoms with van der Waals surface area (Å²) in [7, 11) is 0. The third-order valence-corrected chi connectivity index (χ3v) is 3.48. The summed E-state index contributed by atoms with van der Waals surface area (Å²) in [5.74, 6) is -1.07. The Balaban J connectivity index is 2.62. The Bertz CT molecular complexity index is 490. The molecule has 0 atom stereocenters. The first-order chi connectivity index (χ1) is 11.1. The molecule has 130 valence electrons. The molecule has 1 aromatic rings. The number of unbranched alkanes of at least 4 members (excludes halogenated alkanes) is 5. The molecule has 6 heteroatoms. The van der Waals surface area contributed by atoms with E-state index >= 15 is 0 Å². The standard InChI is InChI=1S/C17H27NO5/c1-2-3-4-5-6-7-12-23-16-14(21)9-8-13(20)15(16)17(22)18-10-11-19/h8-9,19-21H,2-7,10-12H2,1H3,(H,18,22). The smallest absolute Gasteiger partial charge is 0.259 e. The molecular formula is C17H27NO5. The van der Waals surface area contributed by atoms with E-state index in [0.29, 0.717) is 6.61 Å². The van der Waals surface area contributed by atoms with E-state index in [4.69, 9.17) is 9.84 Å². The van der Waals surface area contributed by atoms with Gasteiger partial charge < -0.3 is 25.4 Å². The first-order valence-electron chi connectivity index (χ1n) is 8.18. The molecule has 1 rings (SSSR count). The van der Waals surface area contributed by atoms with Crippen LogP contribution in [-0.2, 0) is 0 Å². The molecule has 0 saturated carbocycles. The Morgan fingerprint density at radius 1 is 1.09 bits per heavy atom. The van der Waals surface area contributed by atoms with Crippen LogP contribution in [-0.4, -0.2) is 41.0 Å². The van der Waals surface area contributed by atoms with Gasteiger partial charge in [0.15, 0.2) is 11.5 Å². The van der Waals surface area contributed by atoms with Crippen LogP contribution in [0.1, 0.15) is 55.8 Å². The van der Waals surface area contributed by atoms with Gasteiger partial charge in [0.25, 0.3) is 5.91 Å². The SMILES string of the molecule is CCCCCCCCOc1c(O)ccc(O)c1C(=O)NCCO. The van der Waals surface area contributed by atoms with E-state index in [1.807, 2.05) is 0 Å². The number of amides is 1. The van der Waals surface area contributed by atoms with Crippen LogP contribution in [0.2, 0.25) is 0 Å². The lowest BCUT2D eigenvalue weighted by Gasteiger charge is -2.14. The minimum atomic E-state index is -0.592. The molecule has 0 heterocycles. The third-order valence-electron chi connectivity index (χ3n) is 3.48. The lowest BCUT2D eigenvalue weighted by Crippen LogP contribution is -2.27. The molecule has 0 aliphatic rings. The van der Waals surface area contributed by atoms with Gasteiger partial charge in [-0.15, -0.1) is 0 Å². The summed E-state index contributed by atoms with van der Waals surface area (Å²) in [5, 5.41) is 31.0. The summed E-state index contributed by atoms with van der Waals surface area (Å²) in [6.45, 7) is 2.38. The molecule has 0 unspecified atom stereocenters. The van der Waals surface area contributed by atoms with Crippen molar-refractivity contribution >= 4 is 5.91 Å². The van der Waals surface area contributed by atoms with Crippen molar-refractivity contribution in [3.05, 3.63) is 17.7 Å². The third kappa shape index (κ3) is 6.36. The van der Waals surface area contributed by atoms with E-state index < -0.39 is 5.91 Å². The minimum Gasteiger partial charge on any atom is -0.507 e. The number of carbonyl (C=O) groups is 1. The Hall–Kier alpha value is -1.95. The fraction of sp³-hybridized carbons (Fsp3) is 0.588. The first kappa shape index (κ1) is 19.1. The molecule has 0 aliphatic heterocycles. The van der Waals surface area contributed by atoms with Crippen molar-refractivity contribution in [1.82, 2.24) is 5.32 Å². The monoisotopic (exact) mass is 325 g/mol. The van der Waals surface area contributed by atoms with Crippen LogP contribution in [0.3, 0.4) is 0 Å². The first-order valence-corrected chi connectivity index (χ1v) is 8.18. The number of phenols is 2. The van der Waals surface area contributed by atoms with Gasteiger partial charge in [-0.05, 0) is 18.6 Å². The molecule has 23 heavy (non-hydrogen) atoms. The van der Waals surface area contributed by atoms with Crippen LogP contribution in [0.4, 0.5) is 0 Å². The predicted molar refractivity (Wildman–Crippen MR) is 88.1 cm³/mol. The van der Waals surface area contributed by atoms with E-state index in [1.54, 1.807) is 0 Å². The molecule has 0 aromatic heterocycles. The van der Waals surface area contributed by atoms with Gasteiger partial charge in [-0.2, -0.15) is 0 Å². The van der Waals surface area contributed by atoms with Crippen LogP contribution < -0.4 is 10.1 Å². The lowest BCUT2D eigenvalue weighted by molar-refractivity contribution is 0.0936. The zero-order chi connectivity index (χ0) is 17.1. The van der Waals surface area contributed by atoms with Crippen molar-refractivity contribution in [2.75, 3.05) is 19.8 Å². The number of aliphatic hydroxyl groups excluding tert-OH is 1. The van der Waals surface area contributed by atoms with E-state index in [-0.39, 0.29) is 36.0 Å². The maximum atomic E-state index is 12.0. The molecule has 1 amide bonds. The van der Waals surface area contributed by atoms with Crippen molar-refractivity contribution in [2.45, 2.75) is 45.4 Å². The van der Waals surface area contributed by atoms with Gasteiger partial charge in [0.2, 0.25) is 0 Å². The molecular weight excluding hydrogens is 298 g/mol. The molecule has 0 fully saturated rings. The van der Waals surface area contributed by atoms with Gasteiger partial charge in [0, 0.05) is 6.54 Å². The Morgan fingerprint density at radius 2 is 1.74 bits per heavy atom. The second-order valence-corrected chi connectivity index (χ2v) is 5.40. The Kier molecular flexibility index (Phi) is 8.90. The largest absolute Gasteiger partial charge is 0.507 e. The van der Waals surface area contributed by atoms with E-state index in [9.17, 15) is 15.0 Å². The minimum absolute atomic E-state index is 0.0194. The highest BCUT2D eigenvalue weighted by Crippen LogP contribution is 2.36. The lowest BCUT2D eigenvalue weighted by atomic mass is 10.1. The van der Waals surface area contributed by atoms with Gasteiger partial charge in [-0.25, -0.2) is 0 Å². The average Bonchev–Trinajstić information content (AvgIpc) is 2.54. The topological polar surface area (TPSA) is 99.0 Å². The summed E-state index contributed by atoms with van der Waals surface area (Å²) in [6, 6.07) is 2.52. The molecule has 0 spiro atoms. The molecule has 0 saturated heterocycles. The normalized spacial score (nSPS) is 10.5. The molecule has 6 nitrogen and oxygen atoms in total. The van der Waals surface area contributed by atoms with Crippen molar-refractivity contribution in [1.29, 1.82) is 0 Å². The van der Waals surface area contributed by atoms with Crippen LogP contribution >= 0.6 is 0 Å². The van der Waals surface area contributed by atoms with Crippen molar-refractivity contribution in [3.63, 3.8) is 0 Å². The van der Waals surface area contributed by atoms with Crippen molar-refractivity contribution in [3.8, 4) is 17.2 Å². The predicted octanol–water partition coefficient (Wildman–Crippen LogP) is 2.56. The number of benzene rings is 1. The zero-order valence-corrected chi connectivity index (χ0v) is 13.7. The fourth-order valence-corrected chi connectivity index (χ4v) is 2.24. The number of rotatable bonds is 11. The highest BCUT2D eigenvalue weighted by Gasteiger charge is 2.21. The Labute approximate surface area is 137 Å². The van der Waals surface area contributed by atoms with E-state index in [0.717, 1.165) is 19.3 Å². The number of ether oxygens (including phenoxy) is 1. The number of hydrogen-bond acceptors (Lipinski definition) is 5. The number of hydrogen-bond donors (Lipinski definition) is 4. The maximum Gasteiger partial charge on any atom is 0.259 e.